The third-order valence-electron chi connectivity index (χ3n) is 25.1. The molecule has 0 bridgehead atoms. The molecule has 14 aromatic carbocycles. The zero-order valence-corrected chi connectivity index (χ0v) is 84.4. The van der Waals surface area contributed by atoms with E-state index in [0.29, 0.717) is 11.5 Å². The van der Waals surface area contributed by atoms with E-state index >= 15 is 9.59 Å². The van der Waals surface area contributed by atoms with Crippen molar-refractivity contribution in [1.29, 1.82) is 0 Å². The number of amides is 5. The van der Waals surface area contributed by atoms with Crippen molar-refractivity contribution >= 4 is 88.7 Å². The number of carbonyl (C=O) groups excluding carboxylic acids is 7. The number of thioether (sulfide) groups is 4. The van der Waals surface area contributed by atoms with Crippen LogP contribution in [0.5, 0.6) is 0 Å². The number of fused-ring (bicyclic) bond motifs is 3. The van der Waals surface area contributed by atoms with Crippen molar-refractivity contribution in [3.05, 3.63) is 490 Å². The van der Waals surface area contributed by atoms with Gasteiger partial charge < -0.3 is 45.7 Å². The van der Waals surface area contributed by atoms with Crippen molar-refractivity contribution in [2.75, 3.05) is 69.9 Å². The van der Waals surface area contributed by atoms with Crippen molar-refractivity contribution in [3.8, 4) is 11.1 Å². The Labute approximate surface area is 855 Å². The van der Waals surface area contributed by atoms with Crippen LogP contribution in [-0.2, 0) is 52.4 Å². The Kier molecular flexibility index (Phi) is 37.5. The molecule has 14 aromatic rings. The smallest absolute Gasteiger partial charge is 0.410 e. The van der Waals surface area contributed by atoms with E-state index in [4.69, 9.17) is 19.9 Å². The Morgan fingerprint density at radius 1 is 0.317 bits per heavy atom. The van der Waals surface area contributed by atoms with Crippen LogP contribution in [0.1, 0.15) is 146 Å². The lowest BCUT2D eigenvalue weighted by Gasteiger charge is -2.37. The summed E-state index contributed by atoms with van der Waals surface area (Å²) >= 11 is 6.41. The number of ether oxygens (including phenoxy) is 3. The van der Waals surface area contributed by atoms with Crippen LogP contribution in [0.3, 0.4) is 0 Å². The number of Topliss-reactive ketones (excluding diaryl/α,β-unsaturated/α-hetero) is 2. The molecule has 5 N–H and O–H groups in total. The van der Waals surface area contributed by atoms with Gasteiger partial charge in [0.05, 0.1) is 42.9 Å². The molecule has 0 aliphatic heterocycles. The predicted octanol–water partition coefficient (Wildman–Crippen LogP) is 24.9. The normalized spacial score (nSPS) is 12.8. The molecule has 730 valence electrons. The second-order valence-corrected chi connectivity index (χ2v) is 42.0. The molecule has 0 unspecified atom stereocenters. The fraction of sp³-hybridized carbons (Fsp3) is 0.254. The van der Waals surface area contributed by atoms with Crippen LogP contribution in [-0.4, -0.2) is 145 Å². The van der Waals surface area contributed by atoms with Crippen LogP contribution in [0, 0.1) is 11.8 Å². The highest BCUT2D eigenvalue weighted by molar-refractivity contribution is 8.01. The van der Waals surface area contributed by atoms with Gasteiger partial charge in [-0.15, -0.1) is 47.0 Å². The SMILES string of the molecule is C.CN(CCNC(=O)[C@H](CSC(c1ccccc1)(c1ccccc1)c1ccccc1)CC(=O)[C@@H](N)CSC(c1ccccc1)(c1ccccc1)c1ccccc1)C(=O)OC(C)(C)C.CN(CCNC(=O)[C@H](CSC(c1ccccc1)(c1ccccc1)c1ccccc1)CC(=O)[C@H](CSC(c1ccccc1)(c1ccccc1)c1ccccc1)NC(=O)OCC1c2ccccc2-c2ccccc21)C(=O)OC(C)(C)C. The van der Waals surface area contributed by atoms with Crippen LogP contribution in [0.25, 0.3) is 11.1 Å². The summed E-state index contributed by atoms with van der Waals surface area (Å²) in [6, 6.07) is 137. The van der Waals surface area contributed by atoms with Gasteiger partial charge in [0, 0.05) is 82.0 Å². The third kappa shape index (κ3) is 26.3. The Bertz CT molecular complexity index is 5930. The summed E-state index contributed by atoms with van der Waals surface area (Å²) in [6.45, 7) is 11.6. The van der Waals surface area contributed by atoms with E-state index in [-0.39, 0.29) is 93.9 Å². The van der Waals surface area contributed by atoms with Crippen LogP contribution in [0.2, 0.25) is 0 Å². The number of alkyl carbamates (subject to hydrolysis) is 1. The molecule has 20 heteroatoms. The monoisotopic (exact) mass is 1960 g/mol. The van der Waals surface area contributed by atoms with Gasteiger partial charge in [0.15, 0.2) is 11.6 Å². The van der Waals surface area contributed by atoms with Crippen LogP contribution in [0.4, 0.5) is 14.4 Å². The van der Waals surface area contributed by atoms with E-state index < -0.39 is 72.4 Å². The third-order valence-corrected chi connectivity index (χ3v) is 31.8. The Hall–Kier alpha value is -13.5. The summed E-state index contributed by atoms with van der Waals surface area (Å²) < 4.78 is 14.3. The number of ketones is 2. The zero-order valence-electron chi connectivity index (χ0n) is 81.1. The molecule has 5 amide bonds. The number of rotatable bonds is 41. The fourth-order valence-corrected chi connectivity index (χ4v) is 24.5. The number of benzene rings is 14. The summed E-state index contributed by atoms with van der Waals surface area (Å²) in [6.07, 6.45) is -2.01. The maximum absolute atomic E-state index is 15.7. The molecule has 0 fully saturated rings. The Morgan fingerprint density at radius 3 is 0.796 bits per heavy atom. The van der Waals surface area contributed by atoms with E-state index in [0.717, 1.165) is 89.0 Å². The number of hydrogen-bond donors (Lipinski definition) is 4. The quantitative estimate of drug-likeness (QED) is 0.0207. The van der Waals surface area contributed by atoms with E-state index in [2.05, 4.69) is 186 Å². The van der Waals surface area contributed by atoms with E-state index in [1.807, 2.05) is 263 Å². The van der Waals surface area contributed by atoms with Gasteiger partial charge in [-0.05, 0) is 131 Å². The molecule has 0 spiro atoms. The van der Waals surface area contributed by atoms with Crippen molar-refractivity contribution in [3.63, 3.8) is 0 Å². The first-order valence-corrected chi connectivity index (χ1v) is 51.8. The summed E-state index contributed by atoms with van der Waals surface area (Å²) in [5.41, 5.74) is 22.3. The Morgan fingerprint density at radius 2 is 0.542 bits per heavy atom. The van der Waals surface area contributed by atoms with Gasteiger partial charge in [-0.2, -0.15) is 0 Å². The average Bonchev–Trinajstić information content (AvgIpc) is 1.67. The van der Waals surface area contributed by atoms with E-state index in [1.165, 1.54) is 9.80 Å². The highest BCUT2D eigenvalue weighted by atomic mass is 32.2. The molecule has 15 rings (SSSR count). The van der Waals surface area contributed by atoms with Gasteiger partial charge in [0.1, 0.15) is 17.8 Å². The van der Waals surface area contributed by atoms with Crippen molar-refractivity contribution in [2.24, 2.45) is 17.6 Å². The van der Waals surface area contributed by atoms with Crippen molar-refractivity contribution in [1.82, 2.24) is 25.8 Å². The largest absolute Gasteiger partial charge is 0.449 e. The highest BCUT2D eigenvalue weighted by Crippen LogP contribution is 2.55. The molecule has 0 radical (unpaired) electrons. The number of hydrogen-bond acceptors (Lipinski definition) is 15. The number of nitrogens with two attached hydrogens (primary N) is 1. The minimum atomic E-state index is -1.11. The number of likely N-dealkylation sites (N-methyl/N-ethyl adjacent to an activating group) is 2. The zero-order chi connectivity index (χ0) is 99.3. The summed E-state index contributed by atoms with van der Waals surface area (Å²) in [4.78, 5) is 103. The Balaban J connectivity index is 0.000000244. The first kappa shape index (κ1) is 106. The lowest BCUT2D eigenvalue weighted by molar-refractivity contribution is -0.129. The van der Waals surface area contributed by atoms with Gasteiger partial charge in [-0.25, -0.2) is 14.4 Å². The van der Waals surface area contributed by atoms with Gasteiger partial charge in [-0.3, -0.25) is 19.2 Å². The average molecular weight is 1970 g/mol. The number of nitrogens with one attached hydrogen (secondary N) is 3. The molecule has 0 heterocycles. The number of carbonyl (C=O) groups is 7. The van der Waals surface area contributed by atoms with Gasteiger partial charge in [-0.1, -0.05) is 420 Å². The standard InChI is InChI=1S/C68H67N3O6S2.C53H57N3O4S2.CH4/c1-66(2,3)77-65(75)71(4)44-43-69-63(73)49(47-78-67(50-27-11-5-12-28-50,51-29-13-6-14-30-51)52-31-15-7-16-32-52)45-62(72)61(70-64(74)76-46-60-58-41-25-23-39-56(58)57-40-24-26-42-59(57)60)48-79-68(53-33-17-8-18-34-53,54-35-19-9-20-36-54)55-37-21-10-22-38-55;1-51(2,3)60-50(59)56(4)36-35-55-49(58)40(38-61-52(41-23-11-5-12-24-41,42-25-13-6-14-26-42)43-27-15-7-16-28-43)37-48(57)47(54)39-62-53(44-29-17-8-18-30-44,45-31-19-9-20-32-45)46-33-21-10-22-34-46;/h5-42,49,60-61H,43-48H2,1-4H3,(H,69,73)(H,70,74);5-34,40,47H,35-39,54H2,1-4H3,(H,55,58);1H4/t49-,61-;40-,47-;/m00./s1. The maximum atomic E-state index is 15.7. The van der Waals surface area contributed by atoms with E-state index in [9.17, 15) is 24.0 Å². The molecule has 0 aromatic heterocycles. The van der Waals surface area contributed by atoms with Crippen LogP contribution < -0.4 is 21.7 Å². The van der Waals surface area contributed by atoms with Crippen LogP contribution >= 0.6 is 47.0 Å². The minimum Gasteiger partial charge on any atom is -0.449 e. The molecule has 142 heavy (non-hydrogen) atoms. The fourth-order valence-electron chi connectivity index (χ4n) is 18.1. The first-order valence-electron chi connectivity index (χ1n) is 47.9. The van der Waals surface area contributed by atoms with Gasteiger partial charge in [0.25, 0.3) is 0 Å². The summed E-state index contributed by atoms with van der Waals surface area (Å²) in [5.74, 6) is -2.09. The topological polar surface area (TPSA) is 216 Å². The van der Waals surface area contributed by atoms with Gasteiger partial charge >= 0.3 is 18.3 Å². The molecule has 1 aliphatic rings. The van der Waals surface area contributed by atoms with Crippen molar-refractivity contribution in [2.45, 2.75) is 110 Å². The van der Waals surface area contributed by atoms with Crippen molar-refractivity contribution < 1.29 is 47.8 Å². The van der Waals surface area contributed by atoms with Crippen LogP contribution in [0.15, 0.2) is 413 Å². The highest BCUT2D eigenvalue weighted by Gasteiger charge is 2.45. The molecule has 0 saturated heterocycles. The predicted molar refractivity (Wildman–Crippen MR) is 583 cm³/mol. The second kappa shape index (κ2) is 50.3. The summed E-state index contributed by atoms with van der Waals surface area (Å²) in [7, 11) is 3.27. The molecule has 1 aliphatic carbocycles. The first-order chi connectivity index (χ1) is 68.3. The van der Waals surface area contributed by atoms with Gasteiger partial charge in [0.2, 0.25) is 11.8 Å². The molecule has 16 nitrogen and oxygen atoms in total. The minimum absolute atomic E-state index is 0. The lowest BCUT2D eigenvalue weighted by atomic mass is 9.84. The molecule has 0 saturated carbocycles. The second-order valence-electron chi connectivity index (χ2n) is 37.1. The summed E-state index contributed by atoms with van der Waals surface area (Å²) in [5, 5.41) is 9.21. The van der Waals surface area contributed by atoms with E-state index in [1.54, 1.807) is 81.9 Å². The molecular formula is C122H128N6O10S4. The number of nitrogens with zero attached hydrogens (tertiary/aromatic N) is 2. The lowest BCUT2D eigenvalue weighted by Crippen LogP contribution is -2.46. The molecule has 4 atom stereocenters. The molecular weight excluding hydrogens is 1840 g/mol. The maximum Gasteiger partial charge on any atom is 0.410 e.